The van der Waals surface area contributed by atoms with E-state index in [4.69, 9.17) is 9.47 Å². The van der Waals surface area contributed by atoms with Crippen molar-refractivity contribution in [3.05, 3.63) is 100 Å². The first-order valence-electron chi connectivity index (χ1n) is 10.5. The molecule has 0 spiro atoms. The molecule has 1 heterocycles. The van der Waals surface area contributed by atoms with E-state index in [1.54, 1.807) is 12.1 Å². The van der Waals surface area contributed by atoms with E-state index in [0.717, 1.165) is 45.9 Å². The standard InChI is InChI=1S/C28H23FO3S/c1-2-28(30)32-21-5-3-4-20-31-25-14-8-23(9-15-25)11-17-27-19-18-26(33-27)16-10-22-6-12-24(29)13-7-22/h2,6-9,12-15,18-19H,1,3-5,20-21H2. The van der Waals surface area contributed by atoms with Crippen molar-refractivity contribution in [2.45, 2.75) is 19.3 Å². The summed E-state index contributed by atoms with van der Waals surface area (Å²) in [6.07, 6.45) is 3.78. The molecule has 5 heteroatoms. The number of carbonyl (C=O) groups is 1. The fraction of sp³-hybridized carbons (Fsp3) is 0.179. The summed E-state index contributed by atoms with van der Waals surface area (Å²) in [5.41, 5.74) is 1.67. The summed E-state index contributed by atoms with van der Waals surface area (Å²) in [6.45, 7) is 4.37. The Morgan fingerprint density at radius 3 is 2.00 bits per heavy atom. The van der Waals surface area contributed by atoms with Crippen molar-refractivity contribution in [1.82, 2.24) is 0 Å². The average molecular weight is 459 g/mol. The van der Waals surface area contributed by atoms with Crippen LogP contribution >= 0.6 is 11.3 Å². The van der Waals surface area contributed by atoms with Crippen LogP contribution in [-0.2, 0) is 9.53 Å². The van der Waals surface area contributed by atoms with Gasteiger partial charge in [0.1, 0.15) is 11.6 Å². The Bertz CT molecular complexity index is 1190. The van der Waals surface area contributed by atoms with Gasteiger partial charge < -0.3 is 9.47 Å². The summed E-state index contributed by atoms with van der Waals surface area (Å²) in [6, 6.07) is 17.7. The van der Waals surface area contributed by atoms with Gasteiger partial charge in [-0.1, -0.05) is 30.3 Å². The Labute approximate surface area is 197 Å². The molecule has 166 valence electrons. The van der Waals surface area contributed by atoms with Crippen LogP contribution in [-0.4, -0.2) is 19.2 Å². The molecule has 0 bridgehead atoms. The van der Waals surface area contributed by atoms with Crippen molar-refractivity contribution < 1.29 is 18.7 Å². The predicted octanol–water partition coefficient (Wildman–Crippen LogP) is 5.97. The molecule has 1 aromatic heterocycles. The lowest BCUT2D eigenvalue weighted by Gasteiger charge is -2.06. The highest BCUT2D eigenvalue weighted by Crippen LogP contribution is 2.16. The van der Waals surface area contributed by atoms with Gasteiger partial charge in [0, 0.05) is 17.2 Å². The van der Waals surface area contributed by atoms with Crippen molar-refractivity contribution in [2.75, 3.05) is 13.2 Å². The lowest BCUT2D eigenvalue weighted by atomic mass is 10.2. The van der Waals surface area contributed by atoms with Crippen LogP contribution in [0.15, 0.2) is 73.3 Å². The molecule has 3 nitrogen and oxygen atoms in total. The van der Waals surface area contributed by atoms with Crippen molar-refractivity contribution >= 4 is 17.3 Å². The molecule has 3 aromatic rings. The number of carbonyl (C=O) groups excluding carboxylic acids is 1. The number of benzene rings is 2. The molecule has 33 heavy (non-hydrogen) atoms. The van der Waals surface area contributed by atoms with Crippen LogP contribution < -0.4 is 4.74 Å². The van der Waals surface area contributed by atoms with Gasteiger partial charge in [-0.15, -0.1) is 11.3 Å². The lowest BCUT2D eigenvalue weighted by molar-refractivity contribution is -0.137. The van der Waals surface area contributed by atoms with E-state index in [1.807, 2.05) is 36.4 Å². The Morgan fingerprint density at radius 2 is 1.39 bits per heavy atom. The molecule has 0 radical (unpaired) electrons. The molecule has 0 aliphatic rings. The van der Waals surface area contributed by atoms with Crippen LogP contribution in [0.1, 0.15) is 40.1 Å². The van der Waals surface area contributed by atoms with Crippen LogP contribution in [0.4, 0.5) is 4.39 Å². The van der Waals surface area contributed by atoms with Gasteiger partial charge in [-0.2, -0.15) is 0 Å². The lowest BCUT2D eigenvalue weighted by Crippen LogP contribution is -2.03. The number of thiophene rings is 1. The summed E-state index contributed by atoms with van der Waals surface area (Å²) in [5.74, 6) is 12.6. The van der Waals surface area contributed by atoms with Crippen LogP contribution in [0.3, 0.4) is 0 Å². The zero-order valence-electron chi connectivity index (χ0n) is 18.1. The highest BCUT2D eigenvalue weighted by Gasteiger charge is 1.98. The number of halogens is 1. The maximum Gasteiger partial charge on any atom is 0.330 e. The molecular weight excluding hydrogens is 435 g/mol. The molecule has 0 saturated carbocycles. The van der Waals surface area contributed by atoms with E-state index in [2.05, 4.69) is 30.3 Å². The first kappa shape index (κ1) is 23.9. The molecular formula is C28H23FO3S. The number of ether oxygens (including phenoxy) is 2. The topological polar surface area (TPSA) is 35.5 Å². The van der Waals surface area contributed by atoms with Gasteiger partial charge >= 0.3 is 5.97 Å². The smallest absolute Gasteiger partial charge is 0.330 e. The van der Waals surface area contributed by atoms with Crippen LogP contribution in [0, 0.1) is 29.5 Å². The highest BCUT2D eigenvalue weighted by atomic mass is 32.1. The second kappa shape index (κ2) is 12.9. The molecule has 0 fully saturated rings. The van der Waals surface area contributed by atoms with E-state index < -0.39 is 0 Å². The van der Waals surface area contributed by atoms with E-state index >= 15 is 0 Å². The van der Waals surface area contributed by atoms with E-state index in [9.17, 15) is 9.18 Å². The molecule has 2 aromatic carbocycles. The normalized spacial score (nSPS) is 9.73. The highest BCUT2D eigenvalue weighted by molar-refractivity contribution is 7.13. The van der Waals surface area contributed by atoms with Gasteiger partial charge in [0.05, 0.1) is 23.0 Å². The minimum Gasteiger partial charge on any atom is -0.494 e. The van der Waals surface area contributed by atoms with E-state index in [-0.39, 0.29) is 11.8 Å². The molecule has 3 rings (SSSR count). The second-order valence-electron chi connectivity index (χ2n) is 6.98. The average Bonchev–Trinajstić information content (AvgIpc) is 3.30. The first-order valence-corrected chi connectivity index (χ1v) is 11.4. The van der Waals surface area contributed by atoms with Crippen LogP contribution in [0.25, 0.3) is 0 Å². The van der Waals surface area contributed by atoms with E-state index in [0.29, 0.717) is 13.2 Å². The third-order valence-electron chi connectivity index (χ3n) is 4.43. The third kappa shape index (κ3) is 8.69. The zero-order chi connectivity index (χ0) is 23.3. The summed E-state index contributed by atoms with van der Waals surface area (Å²) in [4.78, 5) is 12.8. The van der Waals surface area contributed by atoms with Crippen LogP contribution in [0.2, 0.25) is 0 Å². The predicted molar refractivity (Wildman–Crippen MR) is 130 cm³/mol. The SMILES string of the molecule is C=CC(=O)OCCCCCOc1ccc(C#Cc2ccc(C#Cc3ccc(F)cc3)s2)cc1. The Hall–Kier alpha value is -3.80. The van der Waals surface area contributed by atoms with Crippen molar-refractivity contribution in [3.8, 4) is 29.4 Å². The van der Waals surface area contributed by atoms with Gasteiger partial charge in [0.2, 0.25) is 0 Å². The maximum atomic E-state index is 13.0. The summed E-state index contributed by atoms with van der Waals surface area (Å²) >= 11 is 1.52. The van der Waals surface area contributed by atoms with Gasteiger partial charge in [-0.25, -0.2) is 9.18 Å². The molecule has 0 N–H and O–H groups in total. The molecule has 0 aliphatic heterocycles. The quantitative estimate of drug-likeness (QED) is 0.181. The second-order valence-corrected chi connectivity index (χ2v) is 8.06. The number of esters is 1. The minimum atomic E-state index is -0.385. The molecule has 0 aliphatic carbocycles. The largest absolute Gasteiger partial charge is 0.494 e. The number of hydrogen-bond donors (Lipinski definition) is 0. The van der Waals surface area contributed by atoms with Gasteiger partial charge in [0.15, 0.2) is 0 Å². The molecule has 0 unspecified atom stereocenters. The van der Waals surface area contributed by atoms with Crippen molar-refractivity contribution in [1.29, 1.82) is 0 Å². The summed E-state index contributed by atoms with van der Waals surface area (Å²) in [5, 5.41) is 0. The van der Waals surface area contributed by atoms with Crippen molar-refractivity contribution in [3.63, 3.8) is 0 Å². The Kier molecular flexibility index (Phi) is 9.33. The van der Waals surface area contributed by atoms with Crippen LogP contribution in [0.5, 0.6) is 5.75 Å². The van der Waals surface area contributed by atoms with Gasteiger partial charge in [0.25, 0.3) is 0 Å². The molecule has 0 saturated heterocycles. The fourth-order valence-electron chi connectivity index (χ4n) is 2.71. The first-order chi connectivity index (χ1) is 16.1. The monoisotopic (exact) mass is 458 g/mol. The number of unbranched alkanes of at least 4 members (excludes halogenated alkanes) is 2. The van der Waals surface area contributed by atoms with E-state index in [1.165, 1.54) is 29.5 Å². The van der Waals surface area contributed by atoms with Gasteiger partial charge in [-0.05, 0) is 79.9 Å². The Morgan fingerprint density at radius 1 is 0.818 bits per heavy atom. The Balaban J connectivity index is 1.43. The number of hydrogen-bond acceptors (Lipinski definition) is 4. The van der Waals surface area contributed by atoms with Gasteiger partial charge in [-0.3, -0.25) is 0 Å². The maximum absolute atomic E-state index is 13.0. The fourth-order valence-corrected chi connectivity index (χ4v) is 3.42. The summed E-state index contributed by atoms with van der Waals surface area (Å²) in [7, 11) is 0. The summed E-state index contributed by atoms with van der Waals surface area (Å²) < 4.78 is 23.6. The zero-order valence-corrected chi connectivity index (χ0v) is 18.9. The minimum absolute atomic E-state index is 0.269. The number of rotatable bonds is 8. The van der Waals surface area contributed by atoms with Crippen molar-refractivity contribution in [2.24, 2.45) is 0 Å². The molecule has 0 amide bonds. The molecule has 0 atom stereocenters. The third-order valence-corrected chi connectivity index (χ3v) is 5.35.